The number of carbonyl (C=O) groups excluding carboxylic acids is 1. The van der Waals surface area contributed by atoms with E-state index in [4.69, 9.17) is 12.2 Å². The third-order valence-corrected chi connectivity index (χ3v) is 6.56. The molecule has 3 rings (SSSR count). The molecule has 1 aliphatic carbocycles. The lowest BCUT2D eigenvalue weighted by molar-refractivity contribution is 0.102. The summed E-state index contributed by atoms with van der Waals surface area (Å²) in [6.45, 7) is 8.64. The molecular formula is C22H24N2OS2. The zero-order chi connectivity index (χ0) is 19.8. The Hall–Kier alpha value is -2.03. The number of fused-ring (bicyclic) bond motifs is 1. The van der Waals surface area contributed by atoms with Crippen LogP contribution in [0.2, 0.25) is 0 Å². The summed E-state index contributed by atoms with van der Waals surface area (Å²) in [4.78, 5) is 12.7. The fraction of sp³-hybridized carbons (Fsp3) is 0.409. The number of amides is 1. The standard InChI is InChI=1S/C22H24N2OS2/c1-13-5-10-16-17(11-13)21(26)27-20(18(16)12-23)24-19(25)14-6-8-15(9-7-14)22(2,3)4/h6-9,13H,5,10-11H2,1-4H3,(H,24,25). The van der Waals surface area contributed by atoms with Crippen LogP contribution in [0, 0.1) is 21.1 Å². The number of hydrogen-bond acceptors (Lipinski definition) is 4. The molecular weight excluding hydrogens is 372 g/mol. The number of nitrogens with one attached hydrogen (secondary N) is 1. The van der Waals surface area contributed by atoms with Crippen molar-refractivity contribution in [3.05, 3.63) is 55.9 Å². The maximum atomic E-state index is 12.7. The largest absolute Gasteiger partial charge is 0.312 e. The Labute approximate surface area is 170 Å². The van der Waals surface area contributed by atoms with Gasteiger partial charge in [-0.25, -0.2) is 0 Å². The maximum Gasteiger partial charge on any atom is 0.256 e. The topological polar surface area (TPSA) is 52.9 Å². The summed E-state index contributed by atoms with van der Waals surface area (Å²) in [6, 6.07) is 9.94. The second-order valence-corrected chi connectivity index (χ2v) is 9.98. The van der Waals surface area contributed by atoms with E-state index in [2.05, 4.69) is 39.1 Å². The third kappa shape index (κ3) is 4.12. The van der Waals surface area contributed by atoms with Crippen molar-refractivity contribution >= 4 is 34.5 Å². The molecule has 1 aromatic heterocycles. The van der Waals surface area contributed by atoms with Crippen LogP contribution in [0.5, 0.6) is 0 Å². The SMILES string of the molecule is CC1CCc2c(C#N)c(NC(=O)c3ccc(C(C)(C)C)cc3)sc(=S)c2C1. The zero-order valence-electron chi connectivity index (χ0n) is 16.2. The Morgan fingerprint density at radius 3 is 2.52 bits per heavy atom. The van der Waals surface area contributed by atoms with Gasteiger partial charge >= 0.3 is 0 Å². The molecule has 27 heavy (non-hydrogen) atoms. The Kier molecular flexibility index (Phi) is 5.50. The highest BCUT2D eigenvalue weighted by Gasteiger charge is 2.23. The van der Waals surface area contributed by atoms with Crippen molar-refractivity contribution < 1.29 is 4.79 Å². The number of benzene rings is 1. The normalized spacial score (nSPS) is 16.3. The molecule has 1 N–H and O–H groups in total. The second-order valence-electron chi connectivity index (χ2n) is 8.29. The molecule has 0 aliphatic heterocycles. The monoisotopic (exact) mass is 396 g/mol. The Morgan fingerprint density at radius 2 is 1.93 bits per heavy atom. The average Bonchev–Trinajstić information content (AvgIpc) is 2.62. The molecule has 0 saturated carbocycles. The van der Waals surface area contributed by atoms with Crippen molar-refractivity contribution in [3.8, 4) is 6.07 Å². The van der Waals surface area contributed by atoms with Gasteiger partial charge in [-0.05, 0) is 59.4 Å². The molecule has 5 heteroatoms. The highest BCUT2D eigenvalue weighted by Crippen LogP contribution is 2.36. The van der Waals surface area contributed by atoms with Crippen molar-refractivity contribution in [3.63, 3.8) is 0 Å². The minimum atomic E-state index is -0.207. The van der Waals surface area contributed by atoms with Gasteiger partial charge in [0, 0.05) is 5.56 Å². The summed E-state index contributed by atoms with van der Waals surface area (Å²) >= 11 is 6.91. The summed E-state index contributed by atoms with van der Waals surface area (Å²) in [5, 5.41) is 13.2. The summed E-state index contributed by atoms with van der Waals surface area (Å²) in [6.07, 6.45) is 2.81. The first kappa shape index (κ1) is 19.7. The highest BCUT2D eigenvalue weighted by atomic mass is 32.1. The first-order valence-corrected chi connectivity index (χ1v) is 10.4. The number of rotatable bonds is 2. The van der Waals surface area contributed by atoms with Crippen LogP contribution in [0.25, 0.3) is 0 Å². The Morgan fingerprint density at radius 1 is 1.26 bits per heavy atom. The molecule has 1 unspecified atom stereocenters. The van der Waals surface area contributed by atoms with Gasteiger partial charge in [0.05, 0.1) is 9.39 Å². The molecule has 1 aliphatic rings. The van der Waals surface area contributed by atoms with Crippen LogP contribution in [0.3, 0.4) is 0 Å². The van der Waals surface area contributed by atoms with Crippen molar-refractivity contribution in [2.45, 2.75) is 52.4 Å². The van der Waals surface area contributed by atoms with Gasteiger partial charge in [0.1, 0.15) is 11.1 Å². The van der Waals surface area contributed by atoms with Crippen molar-refractivity contribution in [2.75, 3.05) is 5.32 Å². The quantitative estimate of drug-likeness (QED) is 0.631. The molecule has 1 heterocycles. The van der Waals surface area contributed by atoms with E-state index in [9.17, 15) is 10.1 Å². The van der Waals surface area contributed by atoms with Gasteiger partial charge in [0.25, 0.3) is 5.91 Å². The van der Waals surface area contributed by atoms with E-state index >= 15 is 0 Å². The van der Waals surface area contributed by atoms with Crippen molar-refractivity contribution in [1.29, 1.82) is 5.26 Å². The molecule has 3 nitrogen and oxygen atoms in total. The van der Waals surface area contributed by atoms with E-state index in [1.807, 2.05) is 24.3 Å². The molecule has 2 aromatic rings. The molecule has 0 spiro atoms. The van der Waals surface area contributed by atoms with Crippen molar-refractivity contribution in [1.82, 2.24) is 0 Å². The zero-order valence-corrected chi connectivity index (χ0v) is 17.8. The molecule has 1 amide bonds. The predicted octanol–water partition coefficient (Wildman–Crippen LogP) is 6.02. The Bertz CT molecular complexity index is 976. The fourth-order valence-electron chi connectivity index (χ4n) is 3.44. The third-order valence-electron chi connectivity index (χ3n) is 5.13. The van der Waals surface area contributed by atoms with E-state index in [0.29, 0.717) is 22.0 Å². The van der Waals surface area contributed by atoms with Gasteiger partial charge < -0.3 is 5.32 Å². The van der Waals surface area contributed by atoms with E-state index in [-0.39, 0.29) is 11.3 Å². The van der Waals surface area contributed by atoms with Gasteiger partial charge in [-0.1, -0.05) is 52.0 Å². The summed E-state index contributed by atoms with van der Waals surface area (Å²) < 4.78 is 0.786. The lowest BCUT2D eigenvalue weighted by Crippen LogP contribution is -2.17. The Balaban J connectivity index is 1.92. The van der Waals surface area contributed by atoms with Gasteiger partial charge in [0.15, 0.2) is 0 Å². The number of carbonyl (C=O) groups is 1. The van der Waals surface area contributed by atoms with Crippen LogP contribution < -0.4 is 5.32 Å². The maximum absolute atomic E-state index is 12.7. The minimum absolute atomic E-state index is 0.0396. The fourth-order valence-corrected chi connectivity index (χ4v) is 4.83. The molecule has 1 atom stereocenters. The minimum Gasteiger partial charge on any atom is -0.312 e. The first-order chi connectivity index (χ1) is 12.7. The van der Waals surface area contributed by atoms with Gasteiger partial charge in [0.2, 0.25) is 0 Å². The summed E-state index contributed by atoms with van der Waals surface area (Å²) in [5.41, 5.74) is 4.52. The van der Waals surface area contributed by atoms with Crippen LogP contribution in [-0.4, -0.2) is 5.91 Å². The predicted molar refractivity (Wildman–Crippen MR) is 114 cm³/mol. The number of nitriles is 1. The van der Waals surface area contributed by atoms with E-state index in [1.54, 1.807) is 0 Å². The van der Waals surface area contributed by atoms with Crippen molar-refractivity contribution in [2.24, 2.45) is 5.92 Å². The smallest absolute Gasteiger partial charge is 0.256 e. The molecule has 0 saturated heterocycles. The van der Waals surface area contributed by atoms with Crippen LogP contribution in [0.4, 0.5) is 5.00 Å². The molecule has 0 radical (unpaired) electrons. The van der Waals surface area contributed by atoms with E-state index in [1.165, 1.54) is 16.9 Å². The lowest BCUT2D eigenvalue weighted by atomic mass is 9.85. The number of nitrogens with zero attached hydrogens (tertiary/aromatic N) is 1. The van der Waals surface area contributed by atoms with Crippen LogP contribution in [0.1, 0.15) is 66.7 Å². The highest BCUT2D eigenvalue weighted by molar-refractivity contribution is 7.73. The van der Waals surface area contributed by atoms with E-state index in [0.717, 1.165) is 34.2 Å². The number of anilines is 1. The van der Waals surface area contributed by atoms with E-state index < -0.39 is 0 Å². The summed E-state index contributed by atoms with van der Waals surface area (Å²) in [5.74, 6) is 0.376. The molecule has 140 valence electrons. The molecule has 1 aromatic carbocycles. The molecule has 0 fully saturated rings. The van der Waals surface area contributed by atoms with Crippen LogP contribution in [0.15, 0.2) is 24.3 Å². The van der Waals surface area contributed by atoms with Gasteiger partial charge in [-0.3, -0.25) is 4.79 Å². The average molecular weight is 397 g/mol. The molecule has 0 bridgehead atoms. The van der Waals surface area contributed by atoms with Gasteiger partial charge in [-0.2, -0.15) is 5.26 Å². The second kappa shape index (κ2) is 7.53. The van der Waals surface area contributed by atoms with Gasteiger partial charge in [-0.15, -0.1) is 11.3 Å². The van der Waals surface area contributed by atoms with Crippen LogP contribution >= 0.6 is 23.6 Å². The lowest BCUT2D eigenvalue weighted by Gasteiger charge is -2.23. The number of hydrogen-bond donors (Lipinski definition) is 1. The summed E-state index contributed by atoms with van der Waals surface area (Å²) in [7, 11) is 0. The van der Waals surface area contributed by atoms with Crippen LogP contribution in [-0.2, 0) is 18.3 Å². The first-order valence-electron chi connectivity index (χ1n) is 9.21.